The standard InChI is InChI=1S/C23H18FN3/c24-17-9-5-15(6-10-17)13-27-21-4-2-1-3-18(21)19-11-12-26-14-20(16-7-8-16)25-23(26)22(19)27/h1-6,9-12,14,16H,7-8,13H2. The number of hydrogen-bond donors (Lipinski definition) is 0. The number of fused-ring (bicyclic) bond motifs is 5. The average molecular weight is 355 g/mol. The fraction of sp³-hybridized carbons (Fsp3) is 0.174. The van der Waals surface area contributed by atoms with Crippen LogP contribution >= 0.6 is 0 Å². The van der Waals surface area contributed by atoms with E-state index in [1.807, 2.05) is 12.1 Å². The van der Waals surface area contributed by atoms with Gasteiger partial charge in [-0.1, -0.05) is 30.3 Å². The van der Waals surface area contributed by atoms with Crippen LogP contribution in [0.25, 0.3) is 27.5 Å². The van der Waals surface area contributed by atoms with Crippen LogP contribution in [0.2, 0.25) is 0 Å². The third-order valence-corrected chi connectivity index (χ3v) is 5.62. The van der Waals surface area contributed by atoms with Gasteiger partial charge in [0.25, 0.3) is 0 Å². The lowest BCUT2D eigenvalue weighted by molar-refractivity contribution is 0.626. The summed E-state index contributed by atoms with van der Waals surface area (Å²) >= 11 is 0. The van der Waals surface area contributed by atoms with Crippen LogP contribution in [0, 0.1) is 5.82 Å². The van der Waals surface area contributed by atoms with Crippen molar-refractivity contribution in [2.75, 3.05) is 0 Å². The number of halogens is 1. The summed E-state index contributed by atoms with van der Waals surface area (Å²) in [6, 6.07) is 17.4. The summed E-state index contributed by atoms with van der Waals surface area (Å²) in [5.74, 6) is 0.417. The first-order valence-corrected chi connectivity index (χ1v) is 9.41. The number of nitrogens with zero attached hydrogens (tertiary/aromatic N) is 3. The molecule has 6 rings (SSSR count). The van der Waals surface area contributed by atoms with Crippen LogP contribution in [-0.2, 0) is 6.54 Å². The second kappa shape index (κ2) is 5.43. The molecule has 0 spiro atoms. The van der Waals surface area contributed by atoms with Crippen molar-refractivity contribution in [1.29, 1.82) is 0 Å². The van der Waals surface area contributed by atoms with E-state index in [1.165, 1.54) is 47.0 Å². The Morgan fingerprint density at radius 3 is 2.59 bits per heavy atom. The van der Waals surface area contributed by atoms with Crippen molar-refractivity contribution >= 4 is 27.5 Å². The highest BCUT2D eigenvalue weighted by Gasteiger charge is 2.27. The van der Waals surface area contributed by atoms with Gasteiger partial charge in [0.2, 0.25) is 0 Å². The molecule has 0 bridgehead atoms. The second-order valence-corrected chi connectivity index (χ2v) is 7.48. The molecule has 3 heterocycles. The lowest BCUT2D eigenvalue weighted by Crippen LogP contribution is -2.01. The van der Waals surface area contributed by atoms with Crippen LogP contribution in [0.5, 0.6) is 0 Å². The maximum atomic E-state index is 13.3. The van der Waals surface area contributed by atoms with Crippen molar-refractivity contribution in [3.8, 4) is 0 Å². The van der Waals surface area contributed by atoms with Gasteiger partial charge in [0, 0.05) is 41.1 Å². The molecular formula is C23H18FN3. The first-order chi connectivity index (χ1) is 13.3. The molecule has 3 nitrogen and oxygen atoms in total. The number of pyridine rings is 1. The first kappa shape index (κ1) is 15.0. The van der Waals surface area contributed by atoms with Crippen molar-refractivity contribution in [2.24, 2.45) is 0 Å². The van der Waals surface area contributed by atoms with Gasteiger partial charge in [0.05, 0.1) is 11.2 Å². The van der Waals surface area contributed by atoms with Gasteiger partial charge in [-0.05, 0) is 42.7 Å². The van der Waals surface area contributed by atoms with E-state index in [0.29, 0.717) is 12.5 Å². The van der Waals surface area contributed by atoms with Gasteiger partial charge in [0.1, 0.15) is 5.82 Å². The van der Waals surface area contributed by atoms with E-state index in [0.717, 1.165) is 16.7 Å². The molecule has 5 aromatic rings. The summed E-state index contributed by atoms with van der Waals surface area (Å²) in [5.41, 5.74) is 5.61. The minimum absolute atomic E-state index is 0.203. The number of rotatable bonds is 3. The SMILES string of the molecule is Fc1ccc(Cn2c3ccccc3c3ccn4cc(C5CC5)nc4c32)cc1. The summed E-state index contributed by atoms with van der Waals surface area (Å²) in [6.07, 6.45) is 6.77. The number of benzene rings is 2. The summed E-state index contributed by atoms with van der Waals surface area (Å²) in [5, 5.41) is 2.45. The zero-order chi connectivity index (χ0) is 18.0. The van der Waals surface area contributed by atoms with Crippen LogP contribution in [0.15, 0.2) is 67.0 Å². The van der Waals surface area contributed by atoms with E-state index in [-0.39, 0.29) is 5.82 Å². The second-order valence-electron chi connectivity index (χ2n) is 7.48. The molecule has 27 heavy (non-hydrogen) atoms. The first-order valence-electron chi connectivity index (χ1n) is 9.41. The Labute approximate surface area is 155 Å². The van der Waals surface area contributed by atoms with Crippen LogP contribution in [0.4, 0.5) is 4.39 Å². The third kappa shape index (κ3) is 2.29. The molecule has 0 amide bonds. The zero-order valence-electron chi connectivity index (χ0n) is 14.8. The van der Waals surface area contributed by atoms with Gasteiger partial charge in [-0.15, -0.1) is 0 Å². The van der Waals surface area contributed by atoms with E-state index in [9.17, 15) is 4.39 Å². The topological polar surface area (TPSA) is 22.2 Å². The molecule has 0 saturated heterocycles. The highest BCUT2D eigenvalue weighted by molar-refractivity contribution is 6.12. The highest BCUT2D eigenvalue weighted by atomic mass is 19.1. The molecule has 1 aliphatic rings. The van der Waals surface area contributed by atoms with E-state index in [2.05, 4.69) is 51.7 Å². The van der Waals surface area contributed by atoms with E-state index < -0.39 is 0 Å². The van der Waals surface area contributed by atoms with Crippen molar-refractivity contribution < 1.29 is 4.39 Å². The van der Waals surface area contributed by atoms with Crippen LogP contribution < -0.4 is 0 Å². The minimum atomic E-state index is -0.203. The molecular weight excluding hydrogens is 337 g/mol. The number of aromatic nitrogens is 3. The van der Waals surface area contributed by atoms with Gasteiger partial charge in [-0.2, -0.15) is 0 Å². The fourth-order valence-corrected chi connectivity index (χ4v) is 4.11. The lowest BCUT2D eigenvalue weighted by atomic mass is 10.2. The number of para-hydroxylation sites is 1. The molecule has 0 aliphatic heterocycles. The lowest BCUT2D eigenvalue weighted by Gasteiger charge is -2.08. The summed E-state index contributed by atoms with van der Waals surface area (Å²) in [7, 11) is 0. The molecule has 0 atom stereocenters. The van der Waals surface area contributed by atoms with Crippen LogP contribution in [-0.4, -0.2) is 14.0 Å². The molecule has 1 fully saturated rings. The van der Waals surface area contributed by atoms with Crippen molar-refractivity contribution in [3.63, 3.8) is 0 Å². The number of imidazole rings is 1. The largest absolute Gasteiger partial charge is 0.333 e. The predicted octanol–water partition coefficient (Wildman–Crippen LogP) is 5.51. The minimum Gasteiger partial charge on any atom is -0.333 e. The van der Waals surface area contributed by atoms with E-state index in [4.69, 9.17) is 4.98 Å². The van der Waals surface area contributed by atoms with Gasteiger partial charge in [0.15, 0.2) is 5.65 Å². The smallest absolute Gasteiger partial charge is 0.161 e. The highest BCUT2D eigenvalue weighted by Crippen LogP contribution is 2.40. The monoisotopic (exact) mass is 355 g/mol. The summed E-state index contributed by atoms with van der Waals surface area (Å²) in [6.45, 7) is 0.690. The van der Waals surface area contributed by atoms with Crippen molar-refractivity contribution in [3.05, 3.63) is 84.1 Å². The Kier molecular flexibility index (Phi) is 3.01. The third-order valence-electron chi connectivity index (χ3n) is 5.62. The molecule has 0 N–H and O–H groups in total. The molecule has 132 valence electrons. The fourth-order valence-electron chi connectivity index (χ4n) is 4.11. The quantitative estimate of drug-likeness (QED) is 0.418. The summed E-state index contributed by atoms with van der Waals surface area (Å²) in [4.78, 5) is 5.00. The van der Waals surface area contributed by atoms with E-state index in [1.54, 1.807) is 0 Å². The Morgan fingerprint density at radius 2 is 1.78 bits per heavy atom. The van der Waals surface area contributed by atoms with Gasteiger partial charge < -0.3 is 8.97 Å². The van der Waals surface area contributed by atoms with Gasteiger partial charge >= 0.3 is 0 Å². The van der Waals surface area contributed by atoms with Crippen LogP contribution in [0.1, 0.15) is 30.0 Å². The Morgan fingerprint density at radius 1 is 0.963 bits per heavy atom. The predicted molar refractivity (Wildman–Crippen MR) is 106 cm³/mol. The molecule has 3 aromatic heterocycles. The van der Waals surface area contributed by atoms with Crippen LogP contribution in [0.3, 0.4) is 0 Å². The zero-order valence-corrected chi connectivity index (χ0v) is 14.8. The molecule has 0 radical (unpaired) electrons. The molecule has 1 aliphatic carbocycles. The Hall–Kier alpha value is -3.14. The van der Waals surface area contributed by atoms with Crippen molar-refractivity contribution in [1.82, 2.24) is 14.0 Å². The molecule has 1 saturated carbocycles. The normalized spacial score (nSPS) is 14.6. The Balaban J connectivity index is 1.66. The van der Waals surface area contributed by atoms with Gasteiger partial charge in [-0.3, -0.25) is 0 Å². The summed E-state index contributed by atoms with van der Waals surface area (Å²) < 4.78 is 17.8. The van der Waals surface area contributed by atoms with Crippen molar-refractivity contribution in [2.45, 2.75) is 25.3 Å². The van der Waals surface area contributed by atoms with Gasteiger partial charge in [-0.25, -0.2) is 9.37 Å². The number of hydrogen-bond acceptors (Lipinski definition) is 1. The molecule has 0 unspecified atom stereocenters. The molecule has 2 aromatic carbocycles. The Bertz CT molecular complexity index is 1310. The molecule has 4 heteroatoms. The van der Waals surface area contributed by atoms with E-state index >= 15 is 0 Å². The average Bonchev–Trinajstić information content (AvgIpc) is 3.38. The maximum Gasteiger partial charge on any atom is 0.161 e. The maximum absolute atomic E-state index is 13.3.